The van der Waals surface area contributed by atoms with Crippen LogP contribution in [0.1, 0.15) is 33.1 Å². The molecule has 0 bridgehead atoms. The highest BCUT2D eigenvalue weighted by Crippen LogP contribution is 2.24. The third-order valence-electron chi connectivity index (χ3n) is 2.88. The highest BCUT2D eigenvalue weighted by Gasteiger charge is 2.32. The molecule has 5 heteroatoms. The van der Waals surface area contributed by atoms with Crippen molar-refractivity contribution in [1.82, 2.24) is 5.32 Å². The van der Waals surface area contributed by atoms with Crippen molar-refractivity contribution in [3.8, 4) is 0 Å². The predicted molar refractivity (Wildman–Crippen MR) is 58.9 cm³/mol. The van der Waals surface area contributed by atoms with Crippen molar-refractivity contribution in [3.05, 3.63) is 0 Å². The Morgan fingerprint density at radius 1 is 1.27 bits per heavy atom. The number of amides is 2. The molecule has 0 aliphatic carbocycles. The molecule has 88 valence electrons. The normalized spacial score (nSPS) is 11.1. The summed E-state index contributed by atoms with van der Waals surface area (Å²) in [5.41, 5.74) is 10.1. The quantitative estimate of drug-likeness (QED) is 0.546. The molecule has 5 N–H and O–H groups in total. The lowest BCUT2D eigenvalue weighted by Gasteiger charge is -2.28. The molecule has 0 aromatic carbocycles. The minimum absolute atomic E-state index is 0.0868. The molecule has 0 aromatic heterocycles. The van der Waals surface area contributed by atoms with Gasteiger partial charge in [0.1, 0.15) is 0 Å². The lowest BCUT2D eigenvalue weighted by atomic mass is 9.81. The summed E-state index contributed by atoms with van der Waals surface area (Å²) in [6.45, 7) is 4.48. The van der Waals surface area contributed by atoms with Crippen LogP contribution in [0.3, 0.4) is 0 Å². The first-order valence-corrected chi connectivity index (χ1v) is 5.29. The molecule has 0 heterocycles. The van der Waals surface area contributed by atoms with Crippen LogP contribution in [0.2, 0.25) is 0 Å². The number of carbonyl (C=O) groups excluding carboxylic acids is 2. The fourth-order valence-corrected chi connectivity index (χ4v) is 1.44. The number of primary amides is 1. The van der Waals surface area contributed by atoms with Gasteiger partial charge in [-0.15, -0.1) is 0 Å². The lowest BCUT2D eigenvalue weighted by molar-refractivity contribution is -0.131. The Morgan fingerprint density at radius 2 is 1.80 bits per heavy atom. The van der Waals surface area contributed by atoms with Crippen molar-refractivity contribution in [2.45, 2.75) is 33.1 Å². The van der Waals surface area contributed by atoms with E-state index in [1.54, 1.807) is 0 Å². The SMILES string of the molecule is CCC(CC)(CN)C(=O)NCCC(N)=O. The third kappa shape index (κ3) is 3.87. The highest BCUT2D eigenvalue weighted by atomic mass is 16.2. The molecule has 0 atom stereocenters. The fraction of sp³-hybridized carbons (Fsp3) is 0.800. The molecule has 0 aliphatic rings. The average Bonchev–Trinajstić information content (AvgIpc) is 2.21. The van der Waals surface area contributed by atoms with Crippen LogP contribution in [-0.2, 0) is 9.59 Å². The summed E-state index contributed by atoms with van der Waals surface area (Å²) in [5.74, 6) is -0.502. The molecule has 0 saturated carbocycles. The van der Waals surface area contributed by atoms with Crippen LogP contribution in [0.4, 0.5) is 0 Å². The average molecular weight is 215 g/mol. The number of nitrogens with one attached hydrogen (secondary N) is 1. The van der Waals surface area contributed by atoms with Crippen molar-refractivity contribution in [1.29, 1.82) is 0 Å². The van der Waals surface area contributed by atoms with Crippen LogP contribution >= 0.6 is 0 Å². The first-order chi connectivity index (χ1) is 7.02. The van der Waals surface area contributed by atoms with E-state index in [0.29, 0.717) is 19.4 Å². The first-order valence-electron chi connectivity index (χ1n) is 5.29. The molecule has 0 fully saturated rings. The van der Waals surface area contributed by atoms with Gasteiger partial charge in [0.25, 0.3) is 0 Å². The Morgan fingerprint density at radius 3 is 2.13 bits per heavy atom. The molecule has 15 heavy (non-hydrogen) atoms. The summed E-state index contributed by atoms with van der Waals surface area (Å²) in [4.78, 5) is 22.3. The zero-order valence-corrected chi connectivity index (χ0v) is 9.51. The Bertz CT molecular complexity index is 216. The second-order valence-corrected chi connectivity index (χ2v) is 3.66. The number of nitrogens with two attached hydrogens (primary N) is 2. The van der Waals surface area contributed by atoms with Crippen molar-refractivity contribution in [2.75, 3.05) is 13.1 Å². The number of hydrogen-bond donors (Lipinski definition) is 3. The van der Waals surface area contributed by atoms with Gasteiger partial charge in [-0.1, -0.05) is 13.8 Å². The van der Waals surface area contributed by atoms with Gasteiger partial charge in [-0.05, 0) is 12.8 Å². The van der Waals surface area contributed by atoms with Crippen LogP contribution in [0.5, 0.6) is 0 Å². The topological polar surface area (TPSA) is 98.2 Å². The van der Waals surface area contributed by atoms with Gasteiger partial charge in [0.05, 0.1) is 5.41 Å². The molecular weight excluding hydrogens is 194 g/mol. The van der Waals surface area contributed by atoms with Crippen molar-refractivity contribution >= 4 is 11.8 Å². The van der Waals surface area contributed by atoms with Gasteiger partial charge in [-0.2, -0.15) is 0 Å². The molecule has 0 saturated heterocycles. The number of hydrogen-bond acceptors (Lipinski definition) is 3. The van der Waals surface area contributed by atoms with E-state index in [9.17, 15) is 9.59 Å². The standard InChI is InChI=1S/C10H21N3O2/c1-3-10(4-2,7-11)9(15)13-6-5-8(12)14/h3-7,11H2,1-2H3,(H2,12,14)(H,13,15). The van der Waals surface area contributed by atoms with Crippen LogP contribution < -0.4 is 16.8 Å². The molecule has 0 radical (unpaired) electrons. The van der Waals surface area contributed by atoms with Gasteiger partial charge in [-0.3, -0.25) is 9.59 Å². The van der Waals surface area contributed by atoms with Gasteiger partial charge in [0.2, 0.25) is 11.8 Å². The maximum atomic E-state index is 11.8. The van der Waals surface area contributed by atoms with Crippen LogP contribution in [-0.4, -0.2) is 24.9 Å². The van der Waals surface area contributed by atoms with E-state index in [2.05, 4.69) is 5.32 Å². The summed E-state index contributed by atoms with van der Waals surface area (Å²) in [5, 5.41) is 2.69. The smallest absolute Gasteiger partial charge is 0.227 e. The Kier molecular flexibility index (Phi) is 5.93. The molecule has 2 amide bonds. The summed E-state index contributed by atoms with van der Waals surface area (Å²) in [6.07, 6.45) is 1.56. The van der Waals surface area contributed by atoms with E-state index in [0.717, 1.165) is 0 Å². The summed E-state index contributed by atoms with van der Waals surface area (Å²) < 4.78 is 0. The second kappa shape index (κ2) is 6.40. The summed E-state index contributed by atoms with van der Waals surface area (Å²) in [7, 11) is 0. The Labute approximate surface area is 90.6 Å². The molecule has 0 spiro atoms. The van der Waals surface area contributed by atoms with Crippen molar-refractivity contribution in [3.63, 3.8) is 0 Å². The molecule has 0 unspecified atom stereocenters. The minimum Gasteiger partial charge on any atom is -0.370 e. The van der Waals surface area contributed by atoms with Crippen LogP contribution in [0.25, 0.3) is 0 Å². The molecule has 0 aromatic rings. The zero-order valence-electron chi connectivity index (χ0n) is 9.51. The second-order valence-electron chi connectivity index (χ2n) is 3.66. The van der Waals surface area contributed by atoms with Gasteiger partial charge < -0.3 is 16.8 Å². The number of rotatable bonds is 7. The predicted octanol–water partition coefficient (Wildman–Crippen LogP) is -0.257. The molecule has 5 nitrogen and oxygen atoms in total. The van der Waals surface area contributed by atoms with Crippen molar-refractivity contribution in [2.24, 2.45) is 16.9 Å². The maximum absolute atomic E-state index is 11.8. The van der Waals surface area contributed by atoms with E-state index in [4.69, 9.17) is 11.5 Å². The van der Waals surface area contributed by atoms with E-state index >= 15 is 0 Å². The summed E-state index contributed by atoms with van der Waals surface area (Å²) >= 11 is 0. The van der Waals surface area contributed by atoms with E-state index in [-0.39, 0.29) is 18.9 Å². The van der Waals surface area contributed by atoms with E-state index < -0.39 is 11.3 Å². The van der Waals surface area contributed by atoms with Gasteiger partial charge in [0, 0.05) is 19.5 Å². The molecule has 0 aliphatic heterocycles. The first kappa shape index (κ1) is 13.9. The third-order valence-corrected chi connectivity index (χ3v) is 2.88. The van der Waals surface area contributed by atoms with Gasteiger partial charge >= 0.3 is 0 Å². The van der Waals surface area contributed by atoms with E-state index in [1.165, 1.54) is 0 Å². The molecular formula is C10H21N3O2. The Hall–Kier alpha value is -1.10. The van der Waals surface area contributed by atoms with Crippen molar-refractivity contribution < 1.29 is 9.59 Å². The summed E-state index contributed by atoms with van der Waals surface area (Å²) in [6, 6.07) is 0. The monoisotopic (exact) mass is 215 g/mol. The largest absolute Gasteiger partial charge is 0.370 e. The maximum Gasteiger partial charge on any atom is 0.227 e. The molecule has 0 rings (SSSR count). The highest BCUT2D eigenvalue weighted by molar-refractivity contribution is 5.83. The zero-order chi connectivity index (χ0) is 11.9. The van der Waals surface area contributed by atoms with Gasteiger partial charge in [-0.25, -0.2) is 0 Å². The minimum atomic E-state index is -0.502. The Balaban J connectivity index is 4.21. The lowest BCUT2D eigenvalue weighted by Crippen LogP contribution is -2.45. The van der Waals surface area contributed by atoms with Crippen LogP contribution in [0.15, 0.2) is 0 Å². The fourth-order valence-electron chi connectivity index (χ4n) is 1.44. The van der Waals surface area contributed by atoms with Crippen LogP contribution in [0, 0.1) is 5.41 Å². The van der Waals surface area contributed by atoms with Gasteiger partial charge in [0.15, 0.2) is 0 Å². The van der Waals surface area contributed by atoms with E-state index in [1.807, 2.05) is 13.8 Å². The number of carbonyl (C=O) groups is 2.